The zero-order valence-electron chi connectivity index (χ0n) is 36.4. The van der Waals surface area contributed by atoms with E-state index in [1.807, 2.05) is 36.5 Å². The molecule has 0 aromatic carbocycles. The molecule has 7 N–H and O–H groups in total. The molecule has 2 saturated heterocycles. The molecule has 5 unspecified atom stereocenters. The van der Waals surface area contributed by atoms with Crippen molar-refractivity contribution in [3.63, 3.8) is 0 Å². The molecular formula is C46H76O15. The number of unbranched alkanes of at least 4 members (excludes halogenated alkanes) is 11. The van der Waals surface area contributed by atoms with E-state index in [1.165, 1.54) is 19.3 Å². The molecule has 0 aliphatic carbocycles. The molecule has 0 aromatic heterocycles. The number of ether oxygens (including phenoxy) is 6. The van der Waals surface area contributed by atoms with Gasteiger partial charge < -0.3 is 64.2 Å². The summed E-state index contributed by atoms with van der Waals surface area (Å²) in [5.74, 6) is -0.990. The fourth-order valence-corrected chi connectivity index (χ4v) is 6.57. The zero-order valence-corrected chi connectivity index (χ0v) is 36.4. The predicted molar refractivity (Wildman–Crippen MR) is 229 cm³/mol. The normalized spacial score (nSPS) is 27.9. The number of esters is 2. The molecule has 2 aliphatic rings. The van der Waals surface area contributed by atoms with Gasteiger partial charge in [-0.2, -0.15) is 0 Å². The first-order valence-corrected chi connectivity index (χ1v) is 22.4. The van der Waals surface area contributed by atoms with Crippen molar-refractivity contribution in [2.24, 2.45) is 0 Å². The second-order valence-electron chi connectivity index (χ2n) is 15.6. The number of aliphatic hydroxyl groups is 7. The number of carbonyl (C=O) groups is 2. The summed E-state index contributed by atoms with van der Waals surface area (Å²) >= 11 is 0. The molecule has 61 heavy (non-hydrogen) atoms. The van der Waals surface area contributed by atoms with E-state index in [2.05, 4.69) is 38.2 Å². The van der Waals surface area contributed by atoms with Crippen molar-refractivity contribution in [3.8, 4) is 0 Å². The number of hydrogen-bond donors (Lipinski definition) is 7. The largest absolute Gasteiger partial charge is 0.462 e. The average Bonchev–Trinajstić information content (AvgIpc) is 3.25. The Morgan fingerprint density at radius 3 is 1.69 bits per heavy atom. The topological polar surface area (TPSA) is 231 Å². The van der Waals surface area contributed by atoms with Crippen molar-refractivity contribution in [2.45, 2.75) is 191 Å². The molecule has 11 atom stereocenters. The van der Waals surface area contributed by atoms with Crippen molar-refractivity contribution in [1.82, 2.24) is 0 Å². The van der Waals surface area contributed by atoms with Crippen molar-refractivity contribution in [2.75, 3.05) is 26.4 Å². The van der Waals surface area contributed by atoms with Crippen LogP contribution in [0.1, 0.15) is 123 Å². The molecule has 350 valence electrons. The lowest BCUT2D eigenvalue weighted by Crippen LogP contribution is -2.61. The smallest absolute Gasteiger partial charge is 0.306 e. The van der Waals surface area contributed by atoms with Gasteiger partial charge >= 0.3 is 11.9 Å². The monoisotopic (exact) mass is 869 g/mol. The van der Waals surface area contributed by atoms with Gasteiger partial charge in [-0.1, -0.05) is 113 Å². The standard InChI is InChI=1S/C46H76O15/c1-3-5-7-9-11-13-15-17-19-21-23-25-27-29-38(49)59-34(31-56-37(48)28-26-24-22-20-18-16-14-12-10-8-6-4-2)32-57-45-44(55)42(53)40(51)36(61-45)33-58-46-43(54)41(52)39(50)35(30-47)60-46/h5,7,9,11-15,17,19,34-36,39-47,50-55H,3-4,6,8,10,16,18,20-33H2,1-2H3/b7-5+,11-9+,14-12+,15-13+,19-17+/t34?,35-,36-,39+,40+,41?,42?,43?,44?,45-,46-/m1/s1. The molecule has 0 saturated carbocycles. The Morgan fingerprint density at radius 1 is 0.541 bits per heavy atom. The minimum absolute atomic E-state index is 0.115. The van der Waals surface area contributed by atoms with Gasteiger partial charge in [0, 0.05) is 12.8 Å². The summed E-state index contributed by atoms with van der Waals surface area (Å²) in [4.78, 5) is 25.6. The van der Waals surface area contributed by atoms with Gasteiger partial charge in [-0.3, -0.25) is 9.59 Å². The van der Waals surface area contributed by atoms with E-state index in [4.69, 9.17) is 28.4 Å². The molecule has 2 fully saturated rings. The van der Waals surface area contributed by atoms with Gasteiger partial charge in [0.15, 0.2) is 18.7 Å². The van der Waals surface area contributed by atoms with E-state index in [0.717, 1.165) is 64.2 Å². The zero-order chi connectivity index (χ0) is 44.7. The second kappa shape index (κ2) is 33.7. The maximum Gasteiger partial charge on any atom is 0.306 e. The molecule has 2 rings (SSSR count). The minimum atomic E-state index is -1.77. The van der Waals surface area contributed by atoms with Gasteiger partial charge in [0.1, 0.15) is 55.4 Å². The highest BCUT2D eigenvalue weighted by Gasteiger charge is 2.47. The summed E-state index contributed by atoms with van der Waals surface area (Å²) in [5.41, 5.74) is 0. The molecule has 0 radical (unpaired) electrons. The predicted octanol–water partition coefficient (Wildman–Crippen LogP) is 4.53. The van der Waals surface area contributed by atoms with Crippen LogP contribution in [0.5, 0.6) is 0 Å². The van der Waals surface area contributed by atoms with Crippen molar-refractivity contribution >= 4 is 11.9 Å². The summed E-state index contributed by atoms with van der Waals surface area (Å²) in [6.07, 6.45) is 18.4. The molecule has 0 bridgehead atoms. The maximum absolute atomic E-state index is 12.9. The lowest BCUT2D eigenvalue weighted by molar-refractivity contribution is -0.332. The van der Waals surface area contributed by atoms with Gasteiger partial charge in [0.25, 0.3) is 0 Å². The lowest BCUT2D eigenvalue weighted by Gasteiger charge is -2.42. The van der Waals surface area contributed by atoms with Gasteiger partial charge in [-0.25, -0.2) is 0 Å². The third-order valence-corrected chi connectivity index (χ3v) is 10.3. The first-order chi connectivity index (χ1) is 29.5. The molecule has 2 heterocycles. The fraction of sp³-hybridized carbons (Fsp3) is 0.739. The van der Waals surface area contributed by atoms with E-state index < -0.39 is 99.3 Å². The molecular weight excluding hydrogens is 792 g/mol. The summed E-state index contributed by atoms with van der Waals surface area (Å²) in [5, 5.41) is 71.8. The van der Waals surface area contributed by atoms with Crippen LogP contribution in [0.3, 0.4) is 0 Å². The van der Waals surface area contributed by atoms with E-state index in [-0.39, 0.29) is 19.4 Å². The molecule has 0 spiro atoms. The third kappa shape index (κ3) is 22.9. The lowest BCUT2D eigenvalue weighted by atomic mass is 9.98. The van der Waals surface area contributed by atoms with Crippen molar-refractivity contribution < 1.29 is 73.8 Å². The van der Waals surface area contributed by atoms with E-state index in [1.54, 1.807) is 0 Å². The molecule has 0 aromatic rings. The van der Waals surface area contributed by atoms with Gasteiger partial charge in [0.05, 0.1) is 19.8 Å². The number of hydrogen-bond acceptors (Lipinski definition) is 15. The maximum atomic E-state index is 12.9. The van der Waals surface area contributed by atoms with Crippen LogP contribution in [0.4, 0.5) is 0 Å². The van der Waals surface area contributed by atoms with Crippen LogP contribution in [0, 0.1) is 0 Å². The first-order valence-electron chi connectivity index (χ1n) is 22.4. The van der Waals surface area contributed by atoms with E-state index >= 15 is 0 Å². The number of carbonyl (C=O) groups excluding carboxylic acids is 2. The van der Waals surface area contributed by atoms with Gasteiger partial charge in [-0.05, 0) is 57.8 Å². The van der Waals surface area contributed by atoms with Gasteiger partial charge in [0.2, 0.25) is 0 Å². The van der Waals surface area contributed by atoms with Crippen LogP contribution >= 0.6 is 0 Å². The number of allylic oxidation sites excluding steroid dienone is 10. The van der Waals surface area contributed by atoms with Crippen molar-refractivity contribution in [1.29, 1.82) is 0 Å². The summed E-state index contributed by atoms with van der Waals surface area (Å²) in [6, 6.07) is 0. The van der Waals surface area contributed by atoms with E-state index in [9.17, 15) is 45.3 Å². The Labute approximate surface area is 362 Å². The Kier molecular flexibility index (Phi) is 30.0. The SMILES string of the molecule is CC/C=C/C=C/C=C/C=C/CCCCCC(=O)OC(COC(=O)CCCCCCC/C=C/CCCCC)CO[C@@H]1O[C@H](CO[C@@H]2O[C@H](CO)[C@H](O)C(O)C2O)[C@H](O)C(O)C1O. The minimum Gasteiger partial charge on any atom is -0.462 e. The summed E-state index contributed by atoms with van der Waals surface area (Å²) in [6.45, 7) is 2.33. The van der Waals surface area contributed by atoms with Crippen LogP contribution in [-0.4, -0.2) is 142 Å². The molecule has 15 nitrogen and oxygen atoms in total. The van der Waals surface area contributed by atoms with Crippen LogP contribution in [0.15, 0.2) is 60.8 Å². The van der Waals surface area contributed by atoms with Crippen LogP contribution in [0.2, 0.25) is 0 Å². The fourth-order valence-electron chi connectivity index (χ4n) is 6.57. The van der Waals surface area contributed by atoms with Crippen molar-refractivity contribution in [3.05, 3.63) is 60.8 Å². The van der Waals surface area contributed by atoms with Crippen LogP contribution < -0.4 is 0 Å². The second-order valence-corrected chi connectivity index (χ2v) is 15.6. The molecule has 15 heteroatoms. The Balaban J connectivity index is 1.89. The average molecular weight is 869 g/mol. The van der Waals surface area contributed by atoms with Crippen LogP contribution in [-0.2, 0) is 38.0 Å². The van der Waals surface area contributed by atoms with E-state index in [0.29, 0.717) is 12.8 Å². The Morgan fingerprint density at radius 2 is 1.05 bits per heavy atom. The first kappa shape index (κ1) is 54.3. The third-order valence-electron chi connectivity index (χ3n) is 10.3. The van der Waals surface area contributed by atoms with Gasteiger partial charge in [-0.15, -0.1) is 0 Å². The highest BCUT2D eigenvalue weighted by molar-refractivity contribution is 5.70. The molecule has 0 amide bonds. The number of rotatable bonds is 32. The molecule has 2 aliphatic heterocycles. The highest BCUT2D eigenvalue weighted by atomic mass is 16.7. The number of aliphatic hydroxyl groups excluding tert-OH is 7. The Bertz CT molecular complexity index is 1300. The summed E-state index contributed by atoms with van der Waals surface area (Å²) < 4.78 is 33.4. The highest BCUT2D eigenvalue weighted by Crippen LogP contribution is 2.26. The quantitative estimate of drug-likeness (QED) is 0.0213. The van der Waals surface area contributed by atoms with Crippen LogP contribution in [0.25, 0.3) is 0 Å². The Hall–Kier alpha value is -2.80. The summed E-state index contributed by atoms with van der Waals surface area (Å²) in [7, 11) is 0.